The molecule has 1 saturated heterocycles. The number of carbonyl (C=O) groups excluding carboxylic acids is 1. The van der Waals surface area contributed by atoms with E-state index in [2.05, 4.69) is 9.08 Å². The number of fused-ring (bicyclic) bond motifs is 1. The number of likely N-dealkylation sites (tertiary alicyclic amines) is 1. The molecule has 1 aromatic carbocycles. The molecule has 160 valence electrons. The Labute approximate surface area is 167 Å². The van der Waals surface area contributed by atoms with E-state index < -0.39 is 26.8 Å². The average molecular weight is 433 g/mol. The average Bonchev–Trinajstić information content (AvgIpc) is 2.63. The third kappa shape index (κ3) is 3.02. The fraction of sp³-hybridized carbons (Fsp3) is 0.632. The molecule has 3 atom stereocenters. The van der Waals surface area contributed by atoms with Gasteiger partial charge in [-0.05, 0) is 50.4 Å². The Morgan fingerprint density at radius 1 is 1.28 bits per heavy atom. The molecule has 2 aliphatic carbocycles. The third-order valence-corrected chi connectivity index (χ3v) is 7.68. The second-order valence-electron chi connectivity index (χ2n) is 8.13. The van der Waals surface area contributed by atoms with Crippen molar-refractivity contribution in [3.8, 4) is 11.5 Å². The molecule has 1 aliphatic heterocycles. The monoisotopic (exact) mass is 433 g/mol. The Morgan fingerprint density at radius 3 is 2.66 bits per heavy atom. The van der Waals surface area contributed by atoms with Crippen LogP contribution in [0, 0.1) is 5.92 Å². The largest absolute Gasteiger partial charge is 0.534 e. The Balaban J connectivity index is 1.95. The molecular weight excluding hydrogens is 411 g/mol. The molecule has 1 heterocycles. The first-order chi connectivity index (χ1) is 13.5. The first-order valence-electron chi connectivity index (χ1n) is 9.43. The molecule has 4 rings (SSSR count). The highest BCUT2D eigenvalue weighted by molar-refractivity contribution is 7.88. The van der Waals surface area contributed by atoms with Crippen LogP contribution in [0.25, 0.3) is 0 Å². The van der Waals surface area contributed by atoms with E-state index in [9.17, 15) is 26.4 Å². The number of rotatable bonds is 3. The van der Waals surface area contributed by atoms with E-state index in [0.717, 1.165) is 0 Å². The van der Waals surface area contributed by atoms with Crippen LogP contribution in [0.15, 0.2) is 12.1 Å². The number of likely N-dealkylation sites (N-methyl/N-ethyl adjacent to an activating group) is 1. The van der Waals surface area contributed by atoms with Crippen molar-refractivity contribution in [2.24, 2.45) is 5.92 Å². The number of ether oxygens (including phenoxy) is 1. The standard InChI is InChI=1S/C19H22F3NO5S/c1-23-8-7-18-10-12(24)4-5-13(18)14(23)9-11-3-6-15(27-2)17(16(11)18)28-29(25,26)19(20,21)22/h3,6,13-14H,4-5,7-10H2,1-2H3/t13-,14+,18-/m0/s1. The van der Waals surface area contributed by atoms with Crippen LogP contribution in [-0.4, -0.2) is 51.4 Å². The number of piperidine rings is 1. The van der Waals surface area contributed by atoms with E-state index in [1.807, 2.05) is 7.05 Å². The molecule has 29 heavy (non-hydrogen) atoms. The molecule has 0 N–H and O–H groups in total. The summed E-state index contributed by atoms with van der Waals surface area (Å²) in [4.78, 5) is 14.7. The van der Waals surface area contributed by atoms with Crippen LogP contribution in [0.2, 0.25) is 0 Å². The number of halogens is 3. The number of alkyl halides is 3. The minimum Gasteiger partial charge on any atom is -0.493 e. The zero-order valence-corrected chi connectivity index (χ0v) is 16.9. The molecule has 1 aromatic rings. The molecule has 10 heteroatoms. The van der Waals surface area contributed by atoms with Gasteiger partial charge >= 0.3 is 15.6 Å². The lowest BCUT2D eigenvalue weighted by Crippen LogP contribution is -2.61. The maximum atomic E-state index is 13.1. The maximum absolute atomic E-state index is 13.1. The molecule has 3 aliphatic rings. The van der Waals surface area contributed by atoms with Gasteiger partial charge in [-0.15, -0.1) is 0 Å². The maximum Gasteiger partial charge on any atom is 0.534 e. The van der Waals surface area contributed by atoms with Gasteiger partial charge in [0.1, 0.15) is 5.78 Å². The van der Waals surface area contributed by atoms with Gasteiger partial charge in [-0.25, -0.2) is 0 Å². The molecule has 0 spiro atoms. The van der Waals surface area contributed by atoms with Gasteiger partial charge in [0, 0.05) is 29.9 Å². The van der Waals surface area contributed by atoms with Crippen molar-refractivity contribution in [2.75, 3.05) is 20.7 Å². The van der Waals surface area contributed by atoms with Crippen LogP contribution in [0.3, 0.4) is 0 Å². The van der Waals surface area contributed by atoms with E-state index in [1.54, 1.807) is 6.07 Å². The number of nitrogens with zero attached hydrogens (tertiary/aromatic N) is 1. The molecule has 0 aromatic heterocycles. The molecule has 0 amide bonds. The van der Waals surface area contributed by atoms with E-state index in [4.69, 9.17) is 4.74 Å². The van der Waals surface area contributed by atoms with Gasteiger partial charge in [0.2, 0.25) is 0 Å². The van der Waals surface area contributed by atoms with Crippen LogP contribution in [-0.2, 0) is 26.7 Å². The topological polar surface area (TPSA) is 72.9 Å². The van der Waals surface area contributed by atoms with Crippen molar-refractivity contribution in [1.29, 1.82) is 0 Å². The van der Waals surface area contributed by atoms with Crippen LogP contribution in [0.1, 0.15) is 36.8 Å². The number of Topliss-reactive ketones (excluding diaryl/α,β-unsaturated/α-hetero) is 1. The van der Waals surface area contributed by atoms with Crippen molar-refractivity contribution in [3.63, 3.8) is 0 Å². The van der Waals surface area contributed by atoms with Crippen LogP contribution in [0.5, 0.6) is 11.5 Å². The van der Waals surface area contributed by atoms with E-state index >= 15 is 0 Å². The van der Waals surface area contributed by atoms with E-state index in [0.29, 0.717) is 43.4 Å². The van der Waals surface area contributed by atoms with Gasteiger partial charge in [0.05, 0.1) is 7.11 Å². The first-order valence-corrected chi connectivity index (χ1v) is 10.8. The second-order valence-corrected chi connectivity index (χ2v) is 9.67. The van der Waals surface area contributed by atoms with Crippen LogP contribution < -0.4 is 8.92 Å². The summed E-state index contributed by atoms with van der Waals surface area (Å²) >= 11 is 0. The van der Waals surface area contributed by atoms with Gasteiger partial charge < -0.3 is 13.8 Å². The Bertz CT molecular complexity index is 961. The Hall–Kier alpha value is -1.81. The highest BCUT2D eigenvalue weighted by Crippen LogP contribution is 2.59. The van der Waals surface area contributed by atoms with E-state index in [1.165, 1.54) is 13.2 Å². The van der Waals surface area contributed by atoms with Gasteiger partial charge in [-0.3, -0.25) is 4.79 Å². The number of methoxy groups -OCH3 is 1. The lowest BCUT2D eigenvalue weighted by Gasteiger charge is -2.58. The summed E-state index contributed by atoms with van der Waals surface area (Å²) in [6.45, 7) is 0.663. The summed E-state index contributed by atoms with van der Waals surface area (Å²) in [6.07, 6.45) is 2.31. The van der Waals surface area contributed by atoms with E-state index in [-0.39, 0.29) is 29.9 Å². The zero-order valence-electron chi connectivity index (χ0n) is 16.1. The number of ketones is 1. The lowest BCUT2D eigenvalue weighted by atomic mass is 9.52. The highest BCUT2D eigenvalue weighted by Gasteiger charge is 2.57. The fourth-order valence-electron chi connectivity index (χ4n) is 5.49. The normalized spacial score (nSPS) is 29.8. The van der Waals surface area contributed by atoms with Gasteiger partial charge in [-0.1, -0.05) is 6.07 Å². The summed E-state index contributed by atoms with van der Waals surface area (Å²) < 4.78 is 72.8. The van der Waals surface area contributed by atoms with Gasteiger partial charge in [0.25, 0.3) is 0 Å². The molecule has 2 fully saturated rings. The molecular formula is C19H22F3NO5S. The Morgan fingerprint density at radius 2 is 2.00 bits per heavy atom. The van der Waals surface area contributed by atoms with Crippen LogP contribution >= 0.6 is 0 Å². The summed E-state index contributed by atoms with van der Waals surface area (Å²) in [7, 11) is -2.63. The zero-order chi connectivity index (χ0) is 21.2. The molecule has 0 unspecified atom stereocenters. The number of carbonyl (C=O) groups is 1. The predicted molar refractivity (Wildman–Crippen MR) is 97.4 cm³/mol. The second kappa shape index (κ2) is 6.60. The summed E-state index contributed by atoms with van der Waals surface area (Å²) in [6, 6.07) is 3.31. The van der Waals surface area contributed by atoms with Crippen molar-refractivity contribution in [2.45, 2.75) is 49.1 Å². The molecule has 1 saturated carbocycles. The van der Waals surface area contributed by atoms with Crippen molar-refractivity contribution < 1.29 is 35.3 Å². The first kappa shape index (κ1) is 20.5. The van der Waals surface area contributed by atoms with Crippen molar-refractivity contribution in [3.05, 3.63) is 23.3 Å². The molecule has 2 bridgehead atoms. The minimum absolute atomic E-state index is 0.0323. The SMILES string of the molecule is COc1ccc2c(c1OS(=O)(=O)C(F)(F)F)[C@]13CCN(C)[C@H](C2)[C@@H]1CCC(=O)C3. The minimum atomic E-state index is -5.88. The number of benzene rings is 1. The quantitative estimate of drug-likeness (QED) is 0.539. The predicted octanol–water partition coefficient (Wildman–Crippen LogP) is 2.79. The highest BCUT2D eigenvalue weighted by atomic mass is 32.2. The summed E-state index contributed by atoms with van der Waals surface area (Å²) in [5.41, 5.74) is -5.21. The lowest BCUT2D eigenvalue weighted by molar-refractivity contribution is -0.127. The summed E-state index contributed by atoms with van der Waals surface area (Å²) in [5, 5.41) is 0. The van der Waals surface area contributed by atoms with Crippen molar-refractivity contribution >= 4 is 15.9 Å². The smallest absolute Gasteiger partial charge is 0.493 e. The van der Waals surface area contributed by atoms with Crippen LogP contribution in [0.4, 0.5) is 13.2 Å². The Kier molecular flexibility index (Phi) is 4.65. The van der Waals surface area contributed by atoms with Gasteiger partial charge in [-0.2, -0.15) is 21.6 Å². The molecule has 6 nitrogen and oxygen atoms in total. The number of hydrogen-bond donors (Lipinski definition) is 0. The van der Waals surface area contributed by atoms with Crippen molar-refractivity contribution in [1.82, 2.24) is 4.90 Å². The third-order valence-electron chi connectivity index (χ3n) is 6.73. The fourth-order valence-corrected chi connectivity index (χ4v) is 5.97. The van der Waals surface area contributed by atoms with Gasteiger partial charge in [0.15, 0.2) is 11.5 Å². The number of hydrogen-bond acceptors (Lipinski definition) is 6. The molecule has 0 radical (unpaired) electrons. The summed E-state index contributed by atoms with van der Waals surface area (Å²) in [5.74, 6) is -0.440.